The molecule has 1 aliphatic carbocycles. The zero-order valence-corrected chi connectivity index (χ0v) is 23.5. The molecule has 1 aliphatic heterocycles. The first kappa shape index (κ1) is 26.6. The van der Waals surface area contributed by atoms with E-state index in [1.807, 2.05) is 23.8 Å². The van der Waals surface area contributed by atoms with Gasteiger partial charge in [-0.15, -0.1) is 11.3 Å². The molecule has 3 N–H and O–H groups in total. The van der Waals surface area contributed by atoms with Crippen LogP contribution in [0.25, 0.3) is 0 Å². The van der Waals surface area contributed by atoms with E-state index in [0.717, 1.165) is 41.9 Å². The van der Waals surface area contributed by atoms with Gasteiger partial charge in [-0.2, -0.15) is 0 Å². The maximum absolute atomic E-state index is 13.6. The number of imidazole rings is 1. The normalized spacial score (nSPS) is 21.7. The summed E-state index contributed by atoms with van der Waals surface area (Å²) in [6.45, 7) is 7.68. The minimum atomic E-state index is -0.585. The molecule has 3 atom stereocenters. The van der Waals surface area contributed by atoms with Crippen LogP contribution in [-0.2, 0) is 40.9 Å². The number of carbonyl (C=O) groups excluding carboxylic acids is 2. The topological polar surface area (TPSA) is 93.2 Å². The van der Waals surface area contributed by atoms with Crippen LogP contribution < -0.4 is 11.1 Å². The summed E-state index contributed by atoms with van der Waals surface area (Å²) >= 11 is 1.57. The summed E-state index contributed by atoms with van der Waals surface area (Å²) in [5, 5.41) is 5.16. The molecule has 3 heterocycles. The molecule has 0 spiro atoms. The van der Waals surface area contributed by atoms with Crippen molar-refractivity contribution in [1.29, 1.82) is 0 Å². The third-order valence-electron chi connectivity index (χ3n) is 7.96. The first-order valence-electron chi connectivity index (χ1n) is 13.7. The second kappa shape index (κ2) is 11.0. The Labute approximate surface area is 229 Å². The van der Waals surface area contributed by atoms with E-state index in [2.05, 4.69) is 54.9 Å². The molecule has 5 rings (SSSR count). The summed E-state index contributed by atoms with van der Waals surface area (Å²) in [4.78, 5) is 34.6. The quantitative estimate of drug-likeness (QED) is 0.497. The Morgan fingerprint density at radius 2 is 1.89 bits per heavy atom. The molecule has 2 amide bonds. The smallest absolute Gasteiger partial charge is 0.243 e. The van der Waals surface area contributed by atoms with E-state index >= 15 is 0 Å². The van der Waals surface area contributed by atoms with Crippen LogP contribution in [0.3, 0.4) is 0 Å². The number of thiophene rings is 1. The van der Waals surface area contributed by atoms with Crippen LogP contribution in [0.4, 0.5) is 0 Å². The molecule has 38 heavy (non-hydrogen) atoms. The van der Waals surface area contributed by atoms with Gasteiger partial charge in [0, 0.05) is 29.9 Å². The summed E-state index contributed by atoms with van der Waals surface area (Å²) in [6.07, 6.45) is 6.52. The minimum Gasteiger partial charge on any atom is -0.350 e. The highest BCUT2D eigenvalue weighted by Gasteiger charge is 2.38. The third kappa shape index (κ3) is 5.86. The van der Waals surface area contributed by atoms with Crippen LogP contribution in [0.15, 0.2) is 48.1 Å². The highest BCUT2D eigenvalue weighted by Crippen LogP contribution is 2.27. The highest BCUT2D eigenvalue weighted by molar-refractivity contribution is 7.10. The molecule has 0 saturated heterocycles. The number of hydrogen-bond donors (Lipinski definition) is 2. The van der Waals surface area contributed by atoms with Crippen molar-refractivity contribution < 1.29 is 9.59 Å². The van der Waals surface area contributed by atoms with Gasteiger partial charge in [-0.3, -0.25) is 9.59 Å². The molecule has 0 bridgehead atoms. The molecule has 3 aromatic rings. The summed E-state index contributed by atoms with van der Waals surface area (Å²) in [5.41, 5.74) is 10.8. The Bertz CT molecular complexity index is 1260. The second-order valence-corrected chi connectivity index (χ2v) is 12.8. The molecule has 202 valence electrons. The zero-order chi connectivity index (χ0) is 26.9. The molecule has 0 radical (unpaired) electrons. The number of nitrogens with zero attached hydrogens (tertiary/aromatic N) is 3. The number of nitrogens with one attached hydrogen (secondary N) is 1. The van der Waals surface area contributed by atoms with Crippen LogP contribution >= 0.6 is 11.3 Å². The number of rotatable bonds is 6. The van der Waals surface area contributed by atoms with E-state index in [0.29, 0.717) is 25.9 Å². The van der Waals surface area contributed by atoms with Crippen LogP contribution in [0.1, 0.15) is 73.8 Å². The number of aromatic nitrogens is 2. The summed E-state index contributed by atoms with van der Waals surface area (Å²) in [6, 6.07) is 12.0. The molecule has 8 heteroatoms. The van der Waals surface area contributed by atoms with Crippen LogP contribution in [0.5, 0.6) is 0 Å². The Balaban J connectivity index is 1.37. The fraction of sp³-hybridized carbons (Fsp3) is 0.500. The van der Waals surface area contributed by atoms with E-state index in [1.165, 1.54) is 11.1 Å². The van der Waals surface area contributed by atoms with Crippen molar-refractivity contribution in [3.05, 3.63) is 75.5 Å². The van der Waals surface area contributed by atoms with Gasteiger partial charge in [-0.25, -0.2) is 4.98 Å². The third-order valence-corrected chi connectivity index (χ3v) is 8.84. The highest BCUT2D eigenvalue weighted by atomic mass is 32.1. The van der Waals surface area contributed by atoms with Gasteiger partial charge in [0.1, 0.15) is 6.04 Å². The van der Waals surface area contributed by atoms with Gasteiger partial charge < -0.3 is 20.5 Å². The second-order valence-electron chi connectivity index (χ2n) is 11.8. The Morgan fingerprint density at radius 3 is 2.58 bits per heavy atom. The SMILES string of the molecule is CC(C)(C)c1ccc(Cn2cnc3c2CN(C(=O)Cc2cccs2)C(C(=O)NC2CCCCC2N)C3)cc1. The van der Waals surface area contributed by atoms with Crippen molar-refractivity contribution >= 4 is 23.2 Å². The summed E-state index contributed by atoms with van der Waals surface area (Å²) in [7, 11) is 0. The van der Waals surface area contributed by atoms with Crippen LogP contribution in [-0.4, -0.2) is 44.4 Å². The lowest BCUT2D eigenvalue weighted by Gasteiger charge is -2.37. The van der Waals surface area contributed by atoms with Gasteiger partial charge in [0.2, 0.25) is 11.8 Å². The lowest BCUT2D eigenvalue weighted by molar-refractivity contribution is -0.141. The van der Waals surface area contributed by atoms with E-state index in [4.69, 9.17) is 10.7 Å². The number of fused-ring (bicyclic) bond motifs is 1. The lowest BCUT2D eigenvalue weighted by atomic mass is 9.87. The lowest BCUT2D eigenvalue weighted by Crippen LogP contribution is -2.58. The molecule has 1 fully saturated rings. The standard InChI is InChI=1S/C30H39N5O2S/c1-30(2,3)21-12-10-20(11-13-21)17-34-19-32-25-16-26(29(37)33-24-9-5-4-8-23(24)31)35(18-27(25)34)28(36)15-22-7-6-14-38-22/h6-7,10-14,19,23-24,26H,4-5,8-9,15-18,31H2,1-3H3,(H,33,37). The Hall–Kier alpha value is -2.97. The summed E-state index contributed by atoms with van der Waals surface area (Å²) < 4.78 is 2.12. The van der Waals surface area contributed by atoms with Crippen LogP contribution in [0, 0.1) is 0 Å². The van der Waals surface area contributed by atoms with E-state index in [1.54, 1.807) is 16.2 Å². The number of nitrogens with two attached hydrogens (primary N) is 1. The van der Waals surface area contributed by atoms with Crippen molar-refractivity contribution in [3.63, 3.8) is 0 Å². The molecule has 2 aromatic heterocycles. The van der Waals surface area contributed by atoms with Gasteiger partial charge in [0.25, 0.3) is 0 Å². The van der Waals surface area contributed by atoms with Crippen molar-refractivity contribution in [3.8, 4) is 0 Å². The van der Waals surface area contributed by atoms with Gasteiger partial charge in [0.15, 0.2) is 0 Å². The van der Waals surface area contributed by atoms with E-state index < -0.39 is 6.04 Å². The van der Waals surface area contributed by atoms with Crippen molar-refractivity contribution in [1.82, 2.24) is 19.8 Å². The number of amides is 2. The molecule has 3 unspecified atom stereocenters. The number of benzene rings is 1. The van der Waals surface area contributed by atoms with Crippen molar-refractivity contribution in [2.24, 2.45) is 5.73 Å². The molecule has 7 nitrogen and oxygen atoms in total. The maximum Gasteiger partial charge on any atom is 0.243 e. The Kier molecular flexibility index (Phi) is 7.73. The number of hydrogen-bond acceptors (Lipinski definition) is 5. The van der Waals surface area contributed by atoms with Gasteiger partial charge in [-0.1, -0.05) is 63.9 Å². The average Bonchev–Trinajstić information content (AvgIpc) is 3.54. The zero-order valence-electron chi connectivity index (χ0n) is 22.7. The fourth-order valence-corrected chi connectivity index (χ4v) is 6.28. The molecule has 1 aromatic carbocycles. The van der Waals surface area contributed by atoms with Crippen molar-refractivity contribution in [2.75, 3.05) is 0 Å². The fourth-order valence-electron chi connectivity index (χ4n) is 5.59. The first-order valence-corrected chi connectivity index (χ1v) is 14.6. The average molecular weight is 534 g/mol. The van der Waals surface area contributed by atoms with Gasteiger partial charge >= 0.3 is 0 Å². The molecular formula is C30H39N5O2S. The number of carbonyl (C=O) groups is 2. The molecule has 1 saturated carbocycles. The monoisotopic (exact) mass is 533 g/mol. The molecular weight excluding hydrogens is 494 g/mol. The van der Waals surface area contributed by atoms with Crippen molar-refractivity contribution in [2.45, 2.75) is 95.9 Å². The van der Waals surface area contributed by atoms with Crippen LogP contribution in [0.2, 0.25) is 0 Å². The summed E-state index contributed by atoms with van der Waals surface area (Å²) in [5.74, 6) is -0.154. The first-order chi connectivity index (χ1) is 18.2. The van der Waals surface area contributed by atoms with E-state index in [-0.39, 0.29) is 29.3 Å². The predicted molar refractivity (Wildman–Crippen MR) is 151 cm³/mol. The minimum absolute atomic E-state index is 0.0338. The van der Waals surface area contributed by atoms with Gasteiger partial charge in [0.05, 0.1) is 30.7 Å². The molecule has 2 aliphatic rings. The predicted octanol–water partition coefficient (Wildman–Crippen LogP) is 4.17. The Morgan fingerprint density at radius 1 is 1.13 bits per heavy atom. The van der Waals surface area contributed by atoms with E-state index in [9.17, 15) is 9.59 Å². The largest absolute Gasteiger partial charge is 0.350 e. The van der Waals surface area contributed by atoms with Gasteiger partial charge in [-0.05, 0) is 40.8 Å². The maximum atomic E-state index is 13.6.